The summed E-state index contributed by atoms with van der Waals surface area (Å²) in [5.74, 6) is 0.246. The van der Waals surface area contributed by atoms with Crippen LogP contribution in [0.2, 0.25) is 0 Å². The predicted octanol–water partition coefficient (Wildman–Crippen LogP) is 2.42. The largest absolute Gasteiger partial charge is 0.456 e. The highest BCUT2D eigenvalue weighted by atomic mass is 16.7. The summed E-state index contributed by atoms with van der Waals surface area (Å²) in [7, 11) is 0. The van der Waals surface area contributed by atoms with Crippen molar-refractivity contribution in [1.82, 2.24) is 5.32 Å². The lowest BCUT2D eigenvalue weighted by Crippen LogP contribution is -2.25. The van der Waals surface area contributed by atoms with Crippen molar-refractivity contribution in [3.8, 4) is 11.5 Å². The fourth-order valence-corrected chi connectivity index (χ4v) is 2.99. The zero-order valence-electron chi connectivity index (χ0n) is 16.3. The maximum atomic E-state index is 12.1. The summed E-state index contributed by atoms with van der Waals surface area (Å²) in [5.41, 5.74) is 1.86. The van der Waals surface area contributed by atoms with Crippen LogP contribution >= 0.6 is 0 Å². The summed E-state index contributed by atoms with van der Waals surface area (Å²) in [6.07, 6.45) is 2.61. The molecule has 1 heterocycles. The van der Waals surface area contributed by atoms with Crippen molar-refractivity contribution in [2.45, 2.75) is 31.7 Å². The molecule has 0 atom stereocenters. The molecule has 1 aliphatic heterocycles. The monoisotopic (exact) mass is 410 g/mol. The van der Waals surface area contributed by atoms with Crippen LogP contribution in [0.15, 0.2) is 42.5 Å². The summed E-state index contributed by atoms with van der Waals surface area (Å²) in [5, 5.41) is 5.53. The van der Waals surface area contributed by atoms with Gasteiger partial charge in [-0.05, 0) is 55.2 Å². The topological polar surface area (TPSA) is 103 Å². The molecule has 0 bridgehead atoms. The number of esters is 1. The van der Waals surface area contributed by atoms with Gasteiger partial charge in [0.2, 0.25) is 6.79 Å². The molecule has 2 aliphatic rings. The number of amides is 2. The molecule has 4 rings (SSSR count). The van der Waals surface area contributed by atoms with Crippen molar-refractivity contribution in [2.24, 2.45) is 0 Å². The average molecular weight is 410 g/mol. The Morgan fingerprint density at radius 2 is 1.87 bits per heavy atom. The Morgan fingerprint density at radius 3 is 2.70 bits per heavy atom. The van der Waals surface area contributed by atoms with Gasteiger partial charge < -0.3 is 24.8 Å². The first-order chi connectivity index (χ1) is 14.6. The van der Waals surface area contributed by atoms with E-state index in [1.807, 2.05) is 12.1 Å². The molecule has 0 unspecified atom stereocenters. The van der Waals surface area contributed by atoms with Gasteiger partial charge in [0.05, 0.1) is 0 Å². The molecule has 1 fully saturated rings. The van der Waals surface area contributed by atoms with Gasteiger partial charge in [-0.2, -0.15) is 0 Å². The first-order valence-corrected chi connectivity index (χ1v) is 9.82. The van der Waals surface area contributed by atoms with Gasteiger partial charge in [-0.3, -0.25) is 14.4 Å². The van der Waals surface area contributed by atoms with Crippen LogP contribution in [-0.2, 0) is 20.7 Å². The number of carbonyl (C=O) groups excluding carboxylic acids is 3. The Morgan fingerprint density at radius 1 is 1.03 bits per heavy atom. The molecule has 2 aromatic rings. The minimum absolute atomic E-state index is 0.143. The molecule has 2 aromatic carbocycles. The Bertz CT molecular complexity index is 970. The molecule has 156 valence electrons. The van der Waals surface area contributed by atoms with Crippen molar-refractivity contribution in [2.75, 3.05) is 18.7 Å². The predicted molar refractivity (Wildman–Crippen MR) is 107 cm³/mol. The van der Waals surface area contributed by atoms with Gasteiger partial charge in [-0.15, -0.1) is 0 Å². The van der Waals surface area contributed by atoms with Gasteiger partial charge in [-0.25, -0.2) is 0 Å². The molecule has 8 nitrogen and oxygen atoms in total. The normalized spacial score (nSPS) is 14.1. The number of fused-ring (bicyclic) bond motifs is 1. The van der Waals surface area contributed by atoms with Crippen LogP contribution in [0.3, 0.4) is 0 Å². The third kappa shape index (κ3) is 5.28. The smallest absolute Gasteiger partial charge is 0.306 e. The summed E-state index contributed by atoms with van der Waals surface area (Å²) in [6, 6.07) is 12.4. The molecule has 0 spiro atoms. The molecule has 1 aliphatic carbocycles. The van der Waals surface area contributed by atoms with Crippen LogP contribution in [-0.4, -0.2) is 37.2 Å². The van der Waals surface area contributed by atoms with E-state index in [1.165, 1.54) is 0 Å². The second kappa shape index (κ2) is 8.86. The Kier molecular flexibility index (Phi) is 5.83. The minimum atomic E-state index is -0.472. The number of hydrogen-bond acceptors (Lipinski definition) is 6. The lowest BCUT2D eigenvalue weighted by atomic mass is 10.1. The van der Waals surface area contributed by atoms with E-state index in [0.29, 0.717) is 29.2 Å². The molecule has 2 amide bonds. The van der Waals surface area contributed by atoms with Crippen LogP contribution < -0.4 is 20.1 Å². The SMILES string of the molecule is O=C(COC(=O)CCc1ccc2c(c1)OCO2)Nc1cccc(C(=O)NC2CC2)c1. The van der Waals surface area contributed by atoms with Gasteiger partial charge in [0, 0.05) is 23.7 Å². The molecule has 2 N–H and O–H groups in total. The average Bonchev–Trinajstić information content (AvgIpc) is 3.44. The van der Waals surface area contributed by atoms with E-state index >= 15 is 0 Å². The maximum absolute atomic E-state index is 12.1. The zero-order valence-corrected chi connectivity index (χ0v) is 16.3. The van der Waals surface area contributed by atoms with Crippen molar-refractivity contribution < 1.29 is 28.6 Å². The van der Waals surface area contributed by atoms with Crippen molar-refractivity contribution in [3.63, 3.8) is 0 Å². The summed E-state index contributed by atoms with van der Waals surface area (Å²) >= 11 is 0. The molecular formula is C22H22N2O6. The molecular weight excluding hydrogens is 388 g/mol. The quantitative estimate of drug-likeness (QED) is 0.648. The highest BCUT2D eigenvalue weighted by molar-refractivity contribution is 5.98. The third-order valence-corrected chi connectivity index (χ3v) is 4.74. The second-order valence-corrected chi connectivity index (χ2v) is 7.23. The van der Waals surface area contributed by atoms with Gasteiger partial charge in [-0.1, -0.05) is 12.1 Å². The Hall–Kier alpha value is -3.55. The number of anilines is 1. The van der Waals surface area contributed by atoms with Crippen molar-refractivity contribution >= 4 is 23.5 Å². The van der Waals surface area contributed by atoms with Crippen LogP contribution in [0.5, 0.6) is 11.5 Å². The molecule has 0 saturated heterocycles. The van der Waals surface area contributed by atoms with E-state index < -0.39 is 18.5 Å². The number of hydrogen-bond donors (Lipinski definition) is 2. The lowest BCUT2D eigenvalue weighted by Gasteiger charge is -2.09. The fraction of sp³-hybridized carbons (Fsp3) is 0.318. The summed E-state index contributed by atoms with van der Waals surface area (Å²) in [4.78, 5) is 36.1. The molecule has 30 heavy (non-hydrogen) atoms. The third-order valence-electron chi connectivity index (χ3n) is 4.74. The first-order valence-electron chi connectivity index (χ1n) is 9.82. The number of nitrogens with one attached hydrogen (secondary N) is 2. The minimum Gasteiger partial charge on any atom is -0.456 e. The highest BCUT2D eigenvalue weighted by Crippen LogP contribution is 2.32. The highest BCUT2D eigenvalue weighted by Gasteiger charge is 2.23. The Labute approximate surface area is 173 Å². The van der Waals surface area contributed by atoms with E-state index in [-0.39, 0.29) is 25.2 Å². The van der Waals surface area contributed by atoms with E-state index in [9.17, 15) is 14.4 Å². The number of aryl methyl sites for hydroxylation is 1. The van der Waals surface area contributed by atoms with E-state index in [4.69, 9.17) is 14.2 Å². The first kappa shape index (κ1) is 19.8. The number of rotatable bonds is 8. The number of benzene rings is 2. The van der Waals surface area contributed by atoms with E-state index in [1.54, 1.807) is 30.3 Å². The maximum Gasteiger partial charge on any atom is 0.306 e. The Balaban J connectivity index is 1.20. The summed E-state index contributed by atoms with van der Waals surface area (Å²) < 4.78 is 15.6. The molecule has 0 radical (unpaired) electrons. The number of ether oxygens (including phenoxy) is 3. The molecule has 8 heteroatoms. The van der Waals surface area contributed by atoms with Crippen LogP contribution in [0, 0.1) is 0 Å². The fourth-order valence-electron chi connectivity index (χ4n) is 2.99. The molecule has 0 aromatic heterocycles. The number of carbonyl (C=O) groups is 3. The van der Waals surface area contributed by atoms with Gasteiger partial charge >= 0.3 is 5.97 Å². The van der Waals surface area contributed by atoms with Crippen LogP contribution in [0.25, 0.3) is 0 Å². The second-order valence-electron chi connectivity index (χ2n) is 7.23. The van der Waals surface area contributed by atoms with Crippen molar-refractivity contribution in [3.05, 3.63) is 53.6 Å². The standard InChI is InChI=1S/C22H22N2O6/c25-20(23-17-3-1-2-15(11-17)22(27)24-16-6-7-16)12-28-21(26)9-5-14-4-8-18-19(10-14)30-13-29-18/h1-4,8,10-11,16H,5-7,9,12-13H2,(H,23,25)(H,24,27). The zero-order chi connectivity index (χ0) is 20.9. The van der Waals surface area contributed by atoms with Crippen LogP contribution in [0.4, 0.5) is 5.69 Å². The van der Waals surface area contributed by atoms with Gasteiger partial charge in [0.25, 0.3) is 11.8 Å². The molecule has 1 saturated carbocycles. The lowest BCUT2D eigenvalue weighted by molar-refractivity contribution is -0.147. The van der Waals surface area contributed by atoms with E-state index in [0.717, 1.165) is 18.4 Å². The summed E-state index contributed by atoms with van der Waals surface area (Å²) in [6.45, 7) is -0.192. The van der Waals surface area contributed by atoms with Crippen molar-refractivity contribution in [1.29, 1.82) is 0 Å². The van der Waals surface area contributed by atoms with Gasteiger partial charge in [0.1, 0.15) is 0 Å². The van der Waals surface area contributed by atoms with Crippen LogP contribution in [0.1, 0.15) is 35.2 Å². The van der Waals surface area contributed by atoms with Gasteiger partial charge in [0.15, 0.2) is 18.1 Å². The van der Waals surface area contributed by atoms with E-state index in [2.05, 4.69) is 10.6 Å².